The fourth-order valence-electron chi connectivity index (χ4n) is 1.28. The minimum Gasteiger partial charge on any atom is -0.481 e. The summed E-state index contributed by atoms with van der Waals surface area (Å²) in [5, 5.41) is 8.81. The molecule has 0 aliphatic rings. The maximum absolute atomic E-state index is 10.7. The Bertz CT molecular complexity index is 311. The highest BCUT2D eigenvalue weighted by Crippen LogP contribution is 2.09. The molecule has 0 bridgehead atoms. The summed E-state index contributed by atoms with van der Waals surface area (Å²) in [4.78, 5) is 10.7. The van der Waals surface area contributed by atoms with Crippen molar-refractivity contribution in [2.45, 2.75) is 13.3 Å². The zero-order valence-electron chi connectivity index (χ0n) is 8.64. The van der Waals surface area contributed by atoms with Crippen LogP contribution in [-0.4, -0.2) is 17.6 Å². The van der Waals surface area contributed by atoms with Gasteiger partial charge >= 0.3 is 5.97 Å². The third kappa shape index (κ3) is 4.32. The highest BCUT2D eigenvalue weighted by Gasteiger charge is 2.15. The molecule has 3 N–H and O–H groups in total. The van der Waals surface area contributed by atoms with Gasteiger partial charge in [-0.25, -0.2) is 0 Å². The molecule has 0 aliphatic carbocycles. The summed E-state index contributed by atoms with van der Waals surface area (Å²) >= 11 is 0. The number of carboxylic acid groups (broad SMARTS) is 1. The Morgan fingerprint density at radius 1 is 1.40 bits per heavy atom. The molecule has 0 aromatic heterocycles. The van der Waals surface area contributed by atoms with Gasteiger partial charge in [0.05, 0.1) is 5.92 Å². The summed E-state index contributed by atoms with van der Waals surface area (Å²) in [6.45, 7) is 2.19. The number of rotatable bonds is 4. The fourth-order valence-corrected chi connectivity index (χ4v) is 1.28. The summed E-state index contributed by atoms with van der Waals surface area (Å²) < 4.78 is 0. The van der Waals surface area contributed by atoms with Crippen LogP contribution in [0.5, 0.6) is 0 Å². The average Bonchev–Trinajstić information content (AvgIpc) is 2.16. The molecule has 0 fully saturated rings. The second-order valence-electron chi connectivity index (χ2n) is 3.46. The van der Waals surface area contributed by atoms with E-state index in [-0.39, 0.29) is 19.0 Å². The maximum Gasteiger partial charge on any atom is 0.308 e. The standard InChI is InChI=1S/C11H15NO2.ClH/c1-8-2-4-9(5-3-8)6-10(7-12)11(13)14;/h2-5,10H,6-7,12H2,1H3,(H,13,14);1H. The highest BCUT2D eigenvalue weighted by molar-refractivity contribution is 5.85. The van der Waals surface area contributed by atoms with E-state index in [1.54, 1.807) is 0 Å². The van der Waals surface area contributed by atoms with E-state index in [2.05, 4.69) is 0 Å². The molecule has 1 aromatic rings. The maximum atomic E-state index is 10.7. The van der Waals surface area contributed by atoms with Crippen molar-refractivity contribution in [3.63, 3.8) is 0 Å². The predicted octanol–water partition coefficient (Wildman–Crippen LogP) is 1.62. The molecule has 1 rings (SSSR count). The van der Waals surface area contributed by atoms with Gasteiger partial charge in [0.15, 0.2) is 0 Å². The number of hydrogen-bond acceptors (Lipinski definition) is 2. The summed E-state index contributed by atoms with van der Waals surface area (Å²) in [6, 6.07) is 7.84. The van der Waals surface area contributed by atoms with Gasteiger partial charge in [-0.2, -0.15) is 0 Å². The van der Waals surface area contributed by atoms with Gasteiger partial charge in [-0.15, -0.1) is 12.4 Å². The minimum absolute atomic E-state index is 0. The van der Waals surface area contributed by atoms with E-state index in [4.69, 9.17) is 10.8 Å². The monoisotopic (exact) mass is 229 g/mol. The van der Waals surface area contributed by atoms with Crippen LogP contribution in [-0.2, 0) is 11.2 Å². The van der Waals surface area contributed by atoms with Crippen LogP contribution in [0, 0.1) is 12.8 Å². The molecule has 0 heterocycles. The molecule has 15 heavy (non-hydrogen) atoms. The molecule has 84 valence electrons. The molecule has 0 aliphatic heterocycles. The molecule has 1 aromatic carbocycles. The summed E-state index contributed by atoms with van der Waals surface area (Å²) in [6.07, 6.45) is 0.506. The molecular formula is C11H16ClNO2. The van der Waals surface area contributed by atoms with E-state index in [1.165, 1.54) is 5.56 Å². The number of carbonyl (C=O) groups is 1. The number of benzene rings is 1. The lowest BCUT2D eigenvalue weighted by Crippen LogP contribution is -2.25. The van der Waals surface area contributed by atoms with Crippen LogP contribution >= 0.6 is 12.4 Å². The number of carboxylic acids is 1. The molecule has 0 radical (unpaired) electrons. The van der Waals surface area contributed by atoms with Crippen LogP contribution in [0.4, 0.5) is 0 Å². The second kappa shape index (κ2) is 6.43. The number of aryl methyl sites for hydroxylation is 1. The van der Waals surface area contributed by atoms with E-state index in [9.17, 15) is 4.79 Å². The molecule has 4 heteroatoms. The largest absolute Gasteiger partial charge is 0.481 e. The van der Waals surface area contributed by atoms with Gasteiger partial charge in [-0.1, -0.05) is 29.8 Å². The van der Waals surface area contributed by atoms with Crippen molar-refractivity contribution in [2.75, 3.05) is 6.54 Å². The lowest BCUT2D eigenvalue weighted by molar-refractivity contribution is -0.141. The number of halogens is 1. The van der Waals surface area contributed by atoms with Gasteiger partial charge in [0, 0.05) is 6.54 Å². The molecule has 0 spiro atoms. The Balaban J connectivity index is 0.00000196. The van der Waals surface area contributed by atoms with Crippen molar-refractivity contribution in [2.24, 2.45) is 11.7 Å². The Morgan fingerprint density at radius 2 is 1.93 bits per heavy atom. The smallest absolute Gasteiger partial charge is 0.308 e. The second-order valence-corrected chi connectivity index (χ2v) is 3.46. The molecule has 0 saturated carbocycles. The Labute approximate surface area is 95.7 Å². The van der Waals surface area contributed by atoms with Crippen molar-refractivity contribution in [3.05, 3.63) is 35.4 Å². The quantitative estimate of drug-likeness (QED) is 0.825. The first-order valence-electron chi connectivity index (χ1n) is 4.62. The van der Waals surface area contributed by atoms with Crippen LogP contribution in [0.1, 0.15) is 11.1 Å². The molecule has 1 unspecified atom stereocenters. The molecular weight excluding hydrogens is 214 g/mol. The lowest BCUT2D eigenvalue weighted by Gasteiger charge is -2.09. The van der Waals surface area contributed by atoms with Crippen LogP contribution in [0.25, 0.3) is 0 Å². The van der Waals surface area contributed by atoms with E-state index in [1.807, 2.05) is 31.2 Å². The van der Waals surface area contributed by atoms with Crippen molar-refractivity contribution >= 4 is 18.4 Å². The Hall–Kier alpha value is -1.06. The minimum atomic E-state index is -0.826. The zero-order chi connectivity index (χ0) is 10.6. The lowest BCUT2D eigenvalue weighted by atomic mass is 9.99. The summed E-state index contributed by atoms with van der Waals surface area (Å²) in [7, 11) is 0. The van der Waals surface area contributed by atoms with Gasteiger partial charge in [0.1, 0.15) is 0 Å². The fraction of sp³-hybridized carbons (Fsp3) is 0.364. The third-order valence-electron chi connectivity index (χ3n) is 2.24. The molecule has 1 atom stereocenters. The van der Waals surface area contributed by atoms with Crippen LogP contribution in [0.15, 0.2) is 24.3 Å². The van der Waals surface area contributed by atoms with Gasteiger partial charge in [-0.05, 0) is 18.9 Å². The topological polar surface area (TPSA) is 63.3 Å². The Morgan fingerprint density at radius 3 is 2.33 bits per heavy atom. The Kier molecular flexibility index (Phi) is 5.97. The van der Waals surface area contributed by atoms with Gasteiger partial charge in [0.25, 0.3) is 0 Å². The number of aliphatic carboxylic acids is 1. The number of nitrogens with two attached hydrogens (primary N) is 1. The molecule has 0 saturated heterocycles. The molecule has 0 amide bonds. The first-order chi connectivity index (χ1) is 6.63. The van der Waals surface area contributed by atoms with E-state index < -0.39 is 11.9 Å². The van der Waals surface area contributed by atoms with E-state index >= 15 is 0 Å². The summed E-state index contributed by atoms with van der Waals surface area (Å²) in [5.41, 5.74) is 7.57. The SMILES string of the molecule is Cc1ccc(CC(CN)C(=O)O)cc1.Cl. The van der Waals surface area contributed by atoms with Crippen LogP contribution < -0.4 is 5.73 Å². The van der Waals surface area contributed by atoms with E-state index in [0.717, 1.165) is 5.56 Å². The van der Waals surface area contributed by atoms with Gasteiger partial charge in [0.2, 0.25) is 0 Å². The van der Waals surface area contributed by atoms with E-state index in [0.29, 0.717) is 6.42 Å². The van der Waals surface area contributed by atoms with Crippen molar-refractivity contribution in [1.29, 1.82) is 0 Å². The third-order valence-corrected chi connectivity index (χ3v) is 2.24. The predicted molar refractivity (Wildman–Crippen MR) is 62.3 cm³/mol. The van der Waals surface area contributed by atoms with Crippen molar-refractivity contribution < 1.29 is 9.90 Å². The number of hydrogen-bond donors (Lipinski definition) is 2. The average molecular weight is 230 g/mol. The first-order valence-corrected chi connectivity index (χ1v) is 4.62. The first kappa shape index (κ1) is 13.9. The highest BCUT2D eigenvalue weighted by atomic mass is 35.5. The van der Waals surface area contributed by atoms with Gasteiger partial charge < -0.3 is 10.8 Å². The van der Waals surface area contributed by atoms with Gasteiger partial charge in [-0.3, -0.25) is 4.79 Å². The normalized spacial score (nSPS) is 11.6. The summed E-state index contributed by atoms with van der Waals surface area (Å²) in [5.74, 6) is -1.30. The van der Waals surface area contributed by atoms with Crippen molar-refractivity contribution in [1.82, 2.24) is 0 Å². The van der Waals surface area contributed by atoms with Crippen LogP contribution in [0.2, 0.25) is 0 Å². The molecule has 3 nitrogen and oxygen atoms in total. The van der Waals surface area contributed by atoms with Crippen LogP contribution in [0.3, 0.4) is 0 Å². The van der Waals surface area contributed by atoms with Crippen molar-refractivity contribution in [3.8, 4) is 0 Å². The zero-order valence-corrected chi connectivity index (χ0v) is 9.46.